The molecule has 0 amide bonds. The van der Waals surface area contributed by atoms with E-state index in [9.17, 15) is 8.42 Å². The molecule has 1 heterocycles. The zero-order valence-corrected chi connectivity index (χ0v) is 16.8. The number of sulfonamides is 1. The number of anilines is 1. The fourth-order valence-electron chi connectivity index (χ4n) is 2.07. The third kappa shape index (κ3) is 5.67. The van der Waals surface area contributed by atoms with Crippen molar-refractivity contribution in [1.82, 2.24) is 10.2 Å². The van der Waals surface area contributed by atoms with Crippen LogP contribution in [-0.2, 0) is 14.8 Å². The molecule has 0 atom stereocenters. The number of nitrogens with zero attached hydrogens (tertiary/aromatic N) is 2. The Kier molecular flexibility index (Phi) is 6.67. The average molecular weight is 424 g/mol. The molecule has 27 heavy (non-hydrogen) atoms. The molecule has 1 aromatic heterocycles. The largest absolute Gasteiger partial charge is 0.491 e. The number of benzene rings is 2. The maximum Gasteiger partial charge on any atom is 0.261 e. The number of hydrogen-bond donors (Lipinski definition) is 1. The van der Waals surface area contributed by atoms with Gasteiger partial charge in [0.05, 0.1) is 11.5 Å². The van der Waals surface area contributed by atoms with Crippen molar-refractivity contribution in [3.05, 3.63) is 54.0 Å². The first-order valence-electron chi connectivity index (χ1n) is 7.85. The van der Waals surface area contributed by atoms with Crippen LogP contribution in [0.1, 0.15) is 0 Å². The molecule has 0 spiro atoms. The van der Waals surface area contributed by atoms with E-state index < -0.39 is 10.0 Å². The van der Waals surface area contributed by atoms with Crippen molar-refractivity contribution in [2.75, 3.05) is 25.0 Å². The zero-order valence-electron chi connectivity index (χ0n) is 14.4. The molecule has 3 aromatic rings. The first-order valence-corrected chi connectivity index (χ1v) is 11.0. The van der Waals surface area contributed by atoms with E-state index in [0.717, 1.165) is 9.24 Å². The van der Waals surface area contributed by atoms with Gasteiger partial charge in [-0.15, -0.1) is 10.2 Å². The van der Waals surface area contributed by atoms with Crippen molar-refractivity contribution < 1.29 is 17.9 Å². The fraction of sp³-hybridized carbons (Fsp3) is 0.176. The summed E-state index contributed by atoms with van der Waals surface area (Å²) in [5.41, 5.74) is 2.15. The monoisotopic (exact) mass is 423 g/mol. The molecule has 0 saturated carbocycles. The highest BCUT2D eigenvalue weighted by molar-refractivity contribution is 8.01. The topological polar surface area (TPSA) is 90.4 Å². The first kappa shape index (κ1) is 19.6. The standard InChI is InChI=1S/C17H17N3O4S3/c1-23-10-11-24-14-4-8-16(9-5-14)27(21,22)20-13-2-6-15(7-3-13)26-17-19-18-12-25-17/h2-9,12,20H,10-11H2,1H3. The van der Waals surface area contributed by atoms with Gasteiger partial charge in [0.15, 0.2) is 4.34 Å². The summed E-state index contributed by atoms with van der Waals surface area (Å²) in [6.45, 7) is 0.872. The molecule has 7 nitrogen and oxygen atoms in total. The Bertz CT molecular complexity index is 944. The van der Waals surface area contributed by atoms with Crippen molar-refractivity contribution in [3.63, 3.8) is 0 Å². The van der Waals surface area contributed by atoms with Gasteiger partial charge < -0.3 is 9.47 Å². The first-order chi connectivity index (χ1) is 13.1. The lowest BCUT2D eigenvalue weighted by atomic mass is 10.3. The maximum atomic E-state index is 12.5. The van der Waals surface area contributed by atoms with E-state index in [4.69, 9.17) is 9.47 Å². The lowest BCUT2D eigenvalue weighted by Gasteiger charge is -2.10. The Balaban J connectivity index is 1.63. The van der Waals surface area contributed by atoms with Crippen molar-refractivity contribution in [3.8, 4) is 5.75 Å². The Labute approximate surface area is 165 Å². The summed E-state index contributed by atoms with van der Waals surface area (Å²) < 4.78 is 38.8. The Morgan fingerprint density at radius 2 is 1.81 bits per heavy atom. The lowest BCUT2D eigenvalue weighted by molar-refractivity contribution is 0.146. The second-order valence-electron chi connectivity index (χ2n) is 5.25. The van der Waals surface area contributed by atoms with E-state index in [1.807, 2.05) is 12.1 Å². The van der Waals surface area contributed by atoms with E-state index in [2.05, 4.69) is 14.9 Å². The molecule has 0 aliphatic heterocycles. The highest BCUT2D eigenvalue weighted by Crippen LogP contribution is 2.29. The SMILES string of the molecule is COCCOc1ccc(S(=O)(=O)Nc2ccc(Sc3nncs3)cc2)cc1. The Morgan fingerprint density at radius 3 is 2.44 bits per heavy atom. The van der Waals surface area contributed by atoms with Crippen LogP contribution in [0.2, 0.25) is 0 Å². The molecular weight excluding hydrogens is 406 g/mol. The van der Waals surface area contributed by atoms with Gasteiger partial charge in [-0.1, -0.05) is 23.1 Å². The molecule has 1 N–H and O–H groups in total. The van der Waals surface area contributed by atoms with Gasteiger partial charge in [-0.05, 0) is 48.5 Å². The normalized spacial score (nSPS) is 11.3. The van der Waals surface area contributed by atoms with Gasteiger partial charge in [0.25, 0.3) is 10.0 Å². The minimum Gasteiger partial charge on any atom is -0.491 e. The van der Waals surface area contributed by atoms with Crippen molar-refractivity contribution in [2.24, 2.45) is 0 Å². The number of hydrogen-bond acceptors (Lipinski definition) is 8. The molecule has 0 aliphatic carbocycles. The van der Waals surface area contributed by atoms with Crippen LogP contribution in [0.25, 0.3) is 0 Å². The van der Waals surface area contributed by atoms with E-state index in [-0.39, 0.29) is 4.90 Å². The third-order valence-corrected chi connectivity index (χ3v) is 6.52. The van der Waals surface area contributed by atoms with Gasteiger partial charge in [0.1, 0.15) is 17.9 Å². The predicted molar refractivity (Wildman–Crippen MR) is 105 cm³/mol. The number of rotatable bonds is 9. The molecule has 0 aliphatic rings. The second kappa shape index (κ2) is 9.18. The minimum absolute atomic E-state index is 0.161. The summed E-state index contributed by atoms with van der Waals surface area (Å²) in [6, 6.07) is 13.3. The maximum absolute atomic E-state index is 12.5. The smallest absolute Gasteiger partial charge is 0.261 e. The number of nitrogens with one attached hydrogen (secondary N) is 1. The summed E-state index contributed by atoms with van der Waals surface area (Å²) >= 11 is 2.92. The van der Waals surface area contributed by atoms with Gasteiger partial charge in [0, 0.05) is 17.7 Å². The van der Waals surface area contributed by atoms with E-state index in [1.54, 1.807) is 36.9 Å². The van der Waals surface area contributed by atoms with Gasteiger partial charge in [-0.2, -0.15) is 0 Å². The fourth-order valence-corrected chi connectivity index (χ4v) is 4.58. The van der Waals surface area contributed by atoms with E-state index in [1.165, 1.54) is 35.2 Å². The van der Waals surface area contributed by atoms with Crippen LogP contribution in [0.5, 0.6) is 5.75 Å². The van der Waals surface area contributed by atoms with Gasteiger partial charge in [0.2, 0.25) is 0 Å². The zero-order chi connectivity index (χ0) is 19.1. The van der Waals surface area contributed by atoms with Crippen LogP contribution in [-0.4, -0.2) is 38.9 Å². The molecule has 0 bridgehead atoms. The van der Waals surface area contributed by atoms with Crippen LogP contribution >= 0.6 is 23.1 Å². The van der Waals surface area contributed by atoms with Gasteiger partial charge >= 0.3 is 0 Å². The molecule has 0 fully saturated rings. The molecular formula is C17H17N3O4S3. The van der Waals surface area contributed by atoms with Crippen molar-refractivity contribution >= 4 is 38.8 Å². The number of methoxy groups -OCH3 is 1. The quantitative estimate of drug-likeness (QED) is 0.527. The van der Waals surface area contributed by atoms with Crippen LogP contribution in [0.15, 0.2) is 68.2 Å². The summed E-state index contributed by atoms with van der Waals surface area (Å²) in [7, 11) is -2.09. The average Bonchev–Trinajstić information content (AvgIpc) is 3.17. The van der Waals surface area contributed by atoms with Gasteiger partial charge in [-0.3, -0.25) is 4.72 Å². The molecule has 0 unspecified atom stereocenters. The molecule has 2 aromatic carbocycles. The summed E-state index contributed by atoms with van der Waals surface area (Å²) in [5.74, 6) is 0.587. The van der Waals surface area contributed by atoms with Gasteiger partial charge in [-0.25, -0.2) is 8.42 Å². The van der Waals surface area contributed by atoms with E-state index in [0.29, 0.717) is 24.7 Å². The number of ether oxygens (including phenoxy) is 2. The highest BCUT2D eigenvalue weighted by Gasteiger charge is 2.14. The molecule has 0 radical (unpaired) electrons. The van der Waals surface area contributed by atoms with Crippen molar-refractivity contribution in [2.45, 2.75) is 14.1 Å². The molecule has 3 rings (SSSR count). The van der Waals surface area contributed by atoms with Crippen LogP contribution < -0.4 is 9.46 Å². The molecule has 10 heteroatoms. The van der Waals surface area contributed by atoms with Crippen LogP contribution in [0.3, 0.4) is 0 Å². The summed E-state index contributed by atoms with van der Waals surface area (Å²) in [6.07, 6.45) is 0. The number of aromatic nitrogens is 2. The Morgan fingerprint density at radius 1 is 1.07 bits per heavy atom. The Hall–Kier alpha value is -2.14. The predicted octanol–water partition coefficient (Wildman–Crippen LogP) is 3.52. The molecule has 0 saturated heterocycles. The third-order valence-electron chi connectivity index (χ3n) is 3.34. The highest BCUT2D eigenvalue weighted by atomic mass is 32.2. The summed E-state index contributed by atoms with van der Waals surface area (Å²) in [5, 5.41) is 7.75. The molecule has 142 valence electrons. The van der Waals surface area contributed by atoms with Crippen LogP contribution in [0, 0.1) is 0 Å². The van der Waals surface area contributed by atoms with Crippen LogP contribution in [0.4, 0.5) is 5.69 Å². The second-order valence-corrected chi connectivity index (χ2v) is 9.09. The van der Waals surface area contributed by atoms with Crippen molar-refractivity contribution in [1.29, 1.82) is 0 Å². The lowest BCUT2D eigenvalue weighted by Crippen LogP contribution is -2.13. The minimum atomic E-state index is -3.68. The summed E-state index contributed by atoms with van der Waals surface area (Å²) in [4.78, 5) is 1.11. The van der Waals surface area contributed by atoms with E-state index >= 15 is 0 Å².